The van der Waals surface area contributed by atoms with Crippen LogP contribution >= 0.6 is 25.0 Å². The Hall–Kier alpha value is -0.690. The number of methoxy groups -OCH3 is 1. The minimum absolute atomic E-state index is 0.921. The molecule has 0 unspecified atom stereocenters. The van der Waals surface area contributed by atoms with Crippen molar-refractivity contribution in [3.8, 4) is 5.75 Å². The molecular weight excluding hydrogens is 362 g/mol. The number of aromatic amines is 1. The smallest absolute Gasteiger partial charge is 0.119 e. The van der Waals surface area contributed by atoms with Gasteiger partial charge in [-0.1, -0.05) is 10.2 Å². The third-order valence-electron chi connectivity index (χ3n) is 4.38. The molecule has 1 aromatic carbocycles. The Morgan fingerprint density at radius 1 is 1.27 bits per heavy atom. The minimum Gasteiger partial charge on any atom is -0.497 e. The molecule has 6 heteroatoms. The number of aromatic nitrogens is 1. The van der Waals surface area contributed by atoms with E-state index in [0.717, 1.165) is 44.2 Å². The van der Waals surface area contributed by atoms with Crippen molar-refractivity contribution in [1.29, 1.82) is 0 Å². The summed E-state index contributed by atoms with van der Waals surface area (Å²) in [6.07, 6.45) is 0. The molecule has 1 fully saturated rings. The van der Waals surface area contributed by atoms with Crippen LogP contribution in [0.3, 0.4) is 0 Å². The zero-order valence-electron chi connectivity index (χ0n) is 13.1. The van der Waals surface area contributed by atoms with Crippen LogP contribution in [0.1, 0.15) is 11.3 Å². The van der Waals surface area contributed by atoms with Crippen LogP contribution in [0.25, 0.3) is 10.9 Å². The lowest BCUT2D eigenvalue weighted by molar-refractivity contribution is 0.148. The maximum atomic E-state index is 5.40. The van der Waals surface area contributed by atoms with E-state index in [0.29, 0.717) is 0 Å². The highest BCUT2D eigenvalue weighted by Crippen LogP contribution is 2.31. The molecule has 0 amide bonds. The van der Waals surface area contributed by atoms with Gasteiger partial charge in [-0.2, -0.15) is 0 Å². The lowest BCUT2D eigenvalue weighted by Gasteiger charge is -2.32. The van der Waals surface area contributed by atoms with Crippen molar-refractivity contribution in [2.45, 2.75) is 12.3 Å². The average molecular weight is 384 g/mol. The van der Waals surface area contributed by atoms with Gasteiger partial charge in [-0.25, -0.2) is 0 Å². The molecule has 0 radical (unpaired) electrons. The number of hydrogen-bond acceptors (Lipinski definition) is 4. The van der Waals surface area contributed by atoms with Gasteiger partial charge in [0.15, 0.2) is 0 Å². The van der Waals surface area contributed by atoms with Crippen molar-refractivity contribution in [3.63, 3.8) is 0 Å². The molecule has 0 atom stereocenters. The van der Waals surface area contributed by atoms with Gasteiger partial charge in [0.05, 0.1) is 7.11 Å². The van der Waals surface area contributed by atoms with Crippen LogP contribution in [0.2, 0.25) is 0 Å². The summed E-state index contributed by atoms with van der Waals surface area (Å²) in [6.45, 7) is 5.56. The van der Waals surface area contributed by atoms with Crippen LogP contribution in [-0.2, 0) is 12.3 Å². The first-order valence-corrected chi connectivity index (χ1v) is 10.4. The van der Waals surface area contributed by atoms with Crippen LogP contribution in [0.5, 0.6) is 5.75 Å². The molecule has 2 heterocycles. The number of nitrogens with one attached hydrogen (secondary N) is 1. The van der Waals surface area contributed by atoms with Crippen molar-refractivity contribution in [2.75, 3.05) is 40.3 Å². The van der Waals surface area contributed by atoms with E-state index in [9.17, 15) is 0 Å². The summed E-state index contributed by atoms with van der Waals surface area (Å²) >= 11 is 3.49. The Morgan fingerprint density at radius 3 is 2.73 bits per heavy atom. The Morgan fingerprint density at radius 2 is 2.05 bits per heavy atom. The Kier molecular flexibility index (Phi) is 5.33. The molecule has 22 heavy (non-hydrogen) atoms. The Labute approximate surface area is 143 Å². The summed E-state index contributed by atoms with van der Waals surface area (Å²) < 4.78 is 5.40. The molecule has 120 valence electrons. The second-order valence-corrected chi connectivity index (χ2v) is 7.71. The van der Waals surface area contributed by atoms with Crippen molar-refractivity contribution in [1.82, 2.24) is 14.8 Å². The third-order valence-corrected chi connectivity index (χ3v) is 5.46. The van der Waals surface area contributed by atoms with Crippen LogP contribution in [0.4, 0.5) is 0 Å². The first-order chi connectivity index (χ1) is 10.7. The van der Waals surface area contributed by atoms with Gasteiger partial charge in [0, 0.05) is 55.1 Å². The van der Waals surface area contributed by atoms with Crippen LogP contribution in [0.15, 0.2) is 18.2 Å². The van der Waals surface area contributed by atoms with E-state index >= 15 is 0 Å². The topological polar surface area (TPSA) is 31.5 Å². The molecule has 0 aliphatic carbocycles. The third kappa shape index (κ3) is 3.45. The number of H-pyrrole nitrogens is 1. The van der Waals surface area contributed by atoms with Crippen LogP contribution < -0.4 is 4.74 Å². The number of benzene rings is 1. The lowest BCUT2D eigenvalue weighted by atomic mass is 10.1. The van der Waals surface area contributed by atoms with E-state index in [1.807, 2.05) is 6.07 Å². The number of fused-ring (bicyclic) bond motifs is 1. The van der Waals surface area contributed by atoms with Gasteiger partial charge in [-0.3, -0.25) is 4.90 Å². The molecule has 0 spiro atoms. The lowest BCUT2D eigenvalue weighted by Crippen LogP contribution is -2.43. The van der Waals surface area contributed by atoms with Crippen molar-refractivity contribution >= 4 is 35.9 Å². The summed E-state index contributed by atoms with van der Waals surface area (Å²) in [5, 5.41) is 1.29. The summed E-state index contributed by atoms with van der Waals surface area (Å²) in [7, 11) is 5.60. The first kappa shape index (κ1) is 16.2. The van der Waals surface area contributed by atoms with Gasteiger partial charge in [-0.05, 0) is 45.6 Å². The molecule has 1 aliphatic rings. The predicted molar refractivity (Wildman–Crippen MR) is 97.8 cm³/mol. The van der Waals surface area contributed by atoms with E-state index in [2.05, 4.69) is 48.8 Å². The molecule has 1 saturated heterocycles. The molecule has 0 saturated carbocycles. The highest BCUT2D eigenvalue weighted by atomic mass is 79.9. The number of hydrogen-bond donors (Lipinski definition) is 1. The van der Waals surface area contributed by atoms with Crippen molar-refractivity contribution in [2.24, 2.45) is 0 Å². The monoisotopic (exact) mass is 383 g/mol. The van der Waals surface area contributed by atoms with Crippen LogP contribution in [0, 0.1) is 0 Å². The largest absolute Gasteiger partial charge is 0.497 e. The Bertz CT molecular complexity index is 638. The molecule has 1 aliphatic heterocycles. The molecule has 1 aromatic heterocycles. The number of halogens is 1. The number of piperazine rings is 1. The molecule has 2 aromatic rings. The molecule has 4 nitrogen and oxygen atoms in total. The maximum Gasteiger partial charge on any atom is 0.119 e. The summed E-state index contributed by atoms with van der Waals surface area (Å²) in [5.74, 6) is 1.87. The quantitative estimate of drug-likeness (QED) is 0.856. The number of nitrogens with zero attached hydrogens (tertiary/aromatic N) is 2. The van der Waals surface area contributed by atoms with Gasteiger partial charge >= 0.3 is 0 Å². The van der Waals surface area contributed by atoms with Gasteiger partial charge in [-0.15, -0.1) is 0 Å². The molecule has 1 N–H and O–H groups in total. The minimum atomic E-state index is 0.921. The van der Waals surface area contributed by atoms with E-state index in [4.69, 9.17) is 4.74 Å². The average Bonchev–Trinajstić information content (AvgIpc) is 2.87. The van der Waals surface area contributed by atoms with E-state index < -0.39 is 0 Å². The number of ether oxygens (including phenoxy) is 1. The van der Waals surface area contributed by atoms with Crippen molar-refractivity contribution in [3.05, 3.63) is 29.5 Å². The fourth-order valence-corrected chi connectivity index (χ4v) is 4.04. The molecule has 0 bridgehead atoms. The SMILES string of the molecule is COc1ccc2[nH]c(CSBr)c(CN3CCN(C)CC3)c2c1. The normalized spacial score (nSPS) is 17.2. The van der Waals surface area contributed by atoms with E-state index in [1.165, 1.54) is 22.2 Å². The zero-order valence-corrected chi connectivity index (χ0v) is 15.5. The number of likely N-dealkylation sites (N-methyl/N-ethyl adjacent to an activating group) is 1. The number of rotatable bonds is 5. The van der Waals surface area contributed by atoms with Gasteiger partial charge in [0.25, 0.3) is 0 Å². The fourth-order valence-electron chi connectivity index (χ4n) is 3.00. The zero-order chi connectivity index (χ0) is 15.5. The van der Waals surface area contributed by atoms with Gasteiger partial charge in [0.2, 0.25) is 0 Å². The predicted octanol–water partition coefficient (Wildman–Crippen LogP) is 3.47. The summed E-state index contributed by atoms with van der Waals surface area (Å²) in [4.78, 5) is 8.51. The van der Waals surface area contributed by atoms with Crippen LogP contribution in [-0.4, -0.2) is 55.1 Å². The van der Waals surface area contributed by atoms with Gasteiger partial charge in [0.1, 0.15) is 5.75 Å². The Balaban J connectivity index is 1.92. The molecular formula is C16H22BrN3OS. The van der Waals surface area contributed by atoms with E-state index in [-0.39, 0.29) is 0 Å². The summed E-state index contributed by atoms with van der Waals surface area (Å²) in [6, 6.07) is 6.28. The fraction of sp³-hybridized carbons (Fsp3) is 0.500. The highest BCUT2D eigenvalue weighted by molar-refractivity contribution is 9.50. The second-order valence-electron chi connectivity index (χ2n) is 5.83. The standard InChI is InChI=1S/C16H22BrN3OS/c1-19-5-7-20(8-6-19)10-14-13-9-12(21-2)3-4-15(13)18-16(14)11-22-17/h3-4,9,18H,5-8,10-11H2,1-2H3. The summed E-state index contributed by atoms with van der Waals surface area (Å²) in [5.41, 5.74) is 3.91. The maximum absolute atomic E-state index is 5.40. The van der Waals surface area contributed by atoms with Crippen molar-refractivity contribution < 1.29 is 4.74 Å². The van der Waals surface area contributed by atoms with Gasteiger partial charge < -0.3 is 14.6 Å². The first-order valence-electron chi connectivity index (χ1n) is 7.53. The molecule has 3 rings (SSSR count). The second kappa shape index (κ2) is 7.25. The highest BCUT2D eigenvalue weighted by Gasteiger charge is 2.18. The van der Waals surface area contributed by atoms with E-state index in [1.54, 1.807) is 17.3 Å².